The normalized spacial score (nSPS) is 11.9. The Bertz CT molecular complexity index is 875. The van der Waals surface area contributed by atoms with Gasteiger partial charge in [-0.15, -0.1) is 11.3 Å². The number of benzene rings is 1. The van der Waals surface area contributed by atoms with Gasteiger partial charge in [-0.05, 0) is 30.0 Å². The number of rotatable bonds is 6. The van der Waals surface area contributed by atoms with Crippen molar-refractivity contribution in [1.29, 1.82) is 0 Å². The lowest BCUT2D eigenvalue weighted by molar-refractivity contribution is -0.384. The number of carbonyl (C=O) groups is 1. The third kappa shape index (κ3) is 3.58. The fourth-order valence-electron chi connectivity index (χ4n) is 2.54. The molecule has 0 aliphatic carbocycles. The van der Waals surface area contributed by atoms with E-state index in [9.17, 15) is 14.9 Å². The number of nitrogens with zero attached hydrogens (tertiary/aromatic N) is 3. The molecule has 0 fully saturated rings. The Hall–Kier alpha value is -3.00. The quantitative estimate of drug-likeness (QED) is 0.538. The number of imidazole rings is 1. The Morgan fingerprint density at radius 3 is 2.88 bits per heavy atom. The van der Waals surface area contributed by atoms with Crippen molar-refractivity contribution < 1.29 is 9.72 Å². The summed E-state index contributed by atoms with van der Waals surface area (Å²) in [5.74, 6) is -0.333. The van der Waals surface area contributed by atoms with E-state index in [-0.39, 0.29) is 23.2 Å². The van der Waals surface area contributed by atoms with Crippen molar-refractivity contribution in [3.8, 4) is 5.69 Å². The average Bonchev–Trinajstić information content (AvgIpc) is 3.32. The van der Waals surface area contributed by atoms with Gasteiger partial charge in [-0.3, -0.25) is 14.9 Å². The summed E-state index contributed by atoms with van der Waals surface area (Å²) in [6.45, 7) is 1.98. The first-order valence-electron chi connectivity index (χ1n) is 7.71. The Morgan fingerprint density at radius 1 is 1.44 bits per heavy atom. The first-order valence-corrected chi connectivity index (χ1v) is 8.59. The third-order valence-electron chi connectivity index (χ3n) is 3.82. The summed E-state index contributed by atoms with van der Waals surface area (Å²) in [6.07, 6.45) is 5.37. The van der Waals surface area contributed by atoms with Crippen LogP contribution in [-0.4, -0.2) is 20.4 Å². The van der Waals surface area contributed by atoms with Gasteiger partial charge in [0.25, 0.3) is 11.6 Å². The second-order valence-corrected chi connectivity index (χ2v) is 6.36. The highest BCUT2D eigenvalue weighted by Gasteiger charge is 2.20. The van der Waals surface area contributed by atoms with Gasteiger partial charge in [0.1, 0.15) is 5.69 Å². The Labute approximate surface area is 148 Å². The second-order valence-electron chi connectivity index (χ2n) is 5.38. The number of nitrogens with one attached hydrogen (secondary N) is 1. The SMILES string of the molecule is CCC(NC(=O)c1ccc(-n2ccnc2)c([N+](=O)[O-])c1)c1cccs1. The van der Waals surface area contributed by atoms with Crippen LogP contribution in [0.5, 0.6) is 0 Å². The van der Waals surface area contributed by atoms with Crippen LogP contribution in [0.4, 0.5) is 5.69 Å². The van der Waals surface area contributed by atoms with Crippen LogP contribution in [0.2, 0.25) is 0 Å². The van der Waals surface area contributed by atoms with Gasteiger partial charge in [0.05, 0.1) is 17.3 Å². The van der Waals surface area contributed by atoms with Gasteiger partial charge in [0.2, 0.25) is 0 Å². The standard InChI is InChI=1S/C17H16N4O3S/c1-2-13(16-4-3-9-25-16)19-17(22)12-5-6-14(15(10-12)21(23)24)20-8-7-18-11-20/h3-11,13H,2H2,1H3,(H,19,22). The number of thiophene rings is 1. The molecule has 3 aromatic rings. The molecule has 128 valence electrons. The van der Waals surface area contributed by atoms with E-state index < -0.39 is 4.92 Å². The Morgan fingerprint density at radius 2 is 2.28 bits per heavy atom. The van der Waals surface area contributed by atoms with E-state index in [1.54, 1.807) is 34.2 Å². The minimum Gasteiger partial charge on any atom is -0.344 e. The lowest BCUT2D eigenvalue weighted by Crippen LogP contribution is -2.27. The topological polar surface area (TPSA) is 90.1 Å². The van der Waals surface area contributed by atoms with E-state index in [1.165, 1.54) is 18.6 Å². The summed E-state index contributed by atoms with van der Waals surface area (Å²) in [6, 6.07) is 8.22. The molecule has 0 saturated carbocycles. The number of nitro groups is 1. The largest absolute Gasteiger partial charge is 0.344 e. The summed E-state index contributed by atoms with van der Waals surface area (Å²) in [5.41, 5.74) is 0.477. The molecule has 3 rings (SSSR count). The molecule has 8 heteroatoms. The molecule has 2 aromatic heterocycles. The zero-order valence-electron chi connectivity index (χ0n) is 13.5. The lowest BCUT2D eigenvalue weighted by Gasteiger charge is -2.15. The molecule has 1 atom stereocenters. The smallest absolute Gasteiger partial charge is 0.294 e. The average molecular weight is 356 g/mol. The predicted molar refractivity (Wildman–Crippen MR) is 95.0 cm³/mol. The lowest BCUT2D eigenvalue weighted by atomic mass is 10.1. The first-order chi connectivity index (χ1) is 12.1. The number of aromatic nitrogens is 2. The molecular formula is C17H16N4O3S. The summed E-state index contributed by atoms with van der Waals surface area (Å²) >= 11 is 1.57. The molecule has 2 heterocycles. The number of nitro benzene ring substituents is 1. The van der Waals surface area contributed by atoms with Crippen molar-refractivity contribution in [3.63, 3.8) is 0 Å². The van der Waals surface area contributed by atoms with Crippen LogP contribution in [0.15, 0.2) is 54.4 Å². The maximum absolute atomic E-state index is 12.5. The highest BCUT2D eigenvalue weighted by Crippen LogP contribution is 2.26. The number of carbonyl (C=O) groups excluding carboxylic acids is 1. The monoisotopic (exact) mass is 356 g/mol. The Balaban J connectivity index is 1.88. The van der Waals surface area contributed by atoms with Crippen molar-refractivity contribution in [2.45, 2.75) is 19.4 Å². The van der Waals surface area contributed by atoms with Gasteiger partial charge in [0, 0.05) is 28.9 Å². The van der Waals surface area contributed by atoms with E-state index >= 15 is 0 Å². The molecule has 0 aliphatic heterocycles. The highest BCUT2D eigenvalue weighted by molar-refractivity contribution is 7.10. The van der Waals surface area contributed by atoms with E-state index in [0.29, 0.717) is 5.69 Å². The van der Waals surface area contributed by atoms with Crippen molar-refractivity contribution in [1.82, 2.24) is 14.9 Å². The van der Waals surface area contributed by atoms with Gasteiger partial charge >= 0.3 is 0 Å². The molecule has 0 saturated heterocycles. The van der Waals surface area contributed by atoms with Crippen LogP contribution in [0.25, 0.3) is 5.69 Å². The van der Waals surface area contributed by atoms with E-state index in [0.717, 1.165) is 11.3 Å². The van der Waals surface area contributed by atoms with Crippen LogP contribution >= 0.6 is 11.3 Å². The van der Waals surface area contributed by atoms with Gasteiger partial charge < -0.3 is 9.88 Å². The number of hydrogen-bond acceptors (Lipinski definition) is 5. The van der Waals surface area contributed by atoms with Gasteiger partial charge in [-0.25, -0.2) is 4.98 Å². The van der Waals surface area contributed by atoms with E-state index in [2.05, 4.69) is 10.3 Å². The molecule has 0 spiro atoms. The summed E-state index contributed by atoms with van der Waals surface area (Å²) in [5, 5.41) is 16.3. The zero-order valence-corrected chi connectivity index (χ0v) is 14.3. The molecule has 1 aromatic carbocycles. The maximum Gasteiger partial charge on any atom is 0.294 e. The fourth-order valence-corrected chi connectivity index (χ4v) is 3.40. The fraction of sp³-hybridized carbons (Fsp3) is 0.176. The van der Waals surface area contributed by atoms with Crippen molar-refractivity contribution in [3.05, 3.63) is 75.0 Å². The summed E-state index contributed by atoms with van der Waals surface area (Å²) in [7, 11) is 0. The molecule has 0 bridgehead atoms. The Kier molecular flexibility index (Phi) is 4.90. The van der Waals surface area contributed by atoms with Gasteiger partial charge in [0.15, 0.2) is 0 Å². The predicted octanol–water partition coefficient (Wildman–Crippen LogP) is 3.72. The molecule has 1 N–H and O–H groups in total. The molecule has 0 radical (unpaired) electrons. The molecule has 0 aliphatic rings. The van der Waals surface area contributed by atoms with Crippen LogP contribution < -0.4 is 5.32 Å². The van der Waals surface area contributed by atoms with Crippen LogP contribution in [0.1, 0.15) is 34.6 Å². The van der Waals surface area contributed by atoms with Crippen molar-refractivity contribution >= 4 is 22.9 Å². The van der Waals surface area contributed by atoms with E-state index in [4.69, 9.17) is 0 Å². The maximum atomic E-state index is 12.5. The highest BCUT2D eigenvalue weighted by atomic mass is 32.1. The van der Waals surface area contributed by atoms with Gasteiger partial charge in [-0.1, -0.05) is 13.0 Å². The van der Waals surface area contributed by atoms with Crippen molar-refractivity contribution in [2.75, 3.05) is 0 Å². The van der Waals surface area contributed by atoms with E-state index in [1.807, 2.05) is 24.4 Å². The molecule has 25 heavy (non-hydrogen) atoms. The summed E-state index contributed by atoms with van der Waals surface area (Å²) < 4.78 is 1.54. The summed E-state index contributed by atoms with van der Waals surface area (Å²) in [4.78, 5) is 28.4. The third-order valence-corrected chi connectivity index (χ3v) is 4.80. The van der Waals surface area contributed by atoms with Crippen molar-refractivity contribution in [2.24, 2.45) is 0 Å². The minimum atomic E-state index is -0.497. The molecule has 1 unspecified atom stereocenters. The van der Waals surface area contributed by atoms with Crippen LogP contribution in [0.3, 0.4) is 0 Å². The first kappa shape index (κ1) is 16.8. The minimum absolute atomic E-state index is 0.111. The van der Waals surface area contributed by atoms with Gasteiger partial charge in [-0.2, -0.15) is 0 Å². The zero-order chi connectivity index (χ0) is 17.8. The van der Waals surface area contributed by atoms with Crippen LogP contribution in [-0.2, 0) is 0 Å². The van der Waals surface area contributed by atoms with Crippen LogP contribution in [0, 0.1) is 10.1 Å². The molecule has 1 amide bonds. The molecule has 7 nitrogen and oxygen atoms in total. The number of amides is 1. The number of hydrogen-bond donors (Lipinski definition) is 1. The second kappa shape index (κ2) is 7.27. The molecular weight excluding hydrogens is 340 g/mol.